The van der Waals surface area contributed by atoms with Crippen molar-refractivity contribution in [2.45, 2.75) is 26.4 Å². The number of carboxylic acid groups (broad SMARTS) is 1. The summed E-state index contributed by atoms with van der Waals surface area (Å²) in [5.74, 6) is 0.0975. The second kappa shape index (κ2) is 7.13. The second-order valence-electron chi connectivity index (χ2n) is 5.79. The van der Waals surface area contributed by atoms with Crippen molar-refractivity contribution in [1.82, 2.24) is 4.57 Å². The van der Waals surface area contributed by atoms with E-state index in [1.54, 1.807) is 12.1 Å². The fourth-order valence-corrected chi connectivity index (χ4v) is 2.92. The third-order valence-electron chi connectivity index (χ3n) is 4.14. The summed E-state index contributed by atoms with van der Waals surface area (Å²) in [7, 11) is 0. The van der Waals surface area contributed by atoms with Crippen molar-refractivity contribution >= 4 is 5.97 Å². The predicted octanol–water partition coefficient (Wildman–Crippen LogP) is 1.80. The van der Waals surface area contributed by atoms with Crippen LogP contribution in [0, 0.1) is 0 Å². The highest BCUT2D eigenvalue weighted by Gasteiger charge is 2.15. The molecule has 0 saturated carbocycles. The first-order valence-corrected chi connectivity index (χ1v) is 8.09. The van der Waals surface area contributed by atoms with Gasteiger partial charge in [-0.3, -0.25) is 0 Å². The Morgan fingerprint density at radius 1 is 1.04 bits per heavy atom. The van der Waals surface area contributed by atoms with E-state index < -0.39 is 5.97 Å². The van der Waals surface area contributed by atoms with Crippen LogP contribution in [0.4, 0.5) is 0 Å². The number of carbonyl (C=O) groups is 1. The molecule has 0 N–H and O–H groups in total. The average Bonchev–Trinajstić information content (AvgIpc) is 2.97. The van der Waals surface area contributed by atoms with Crippen molar-refractivity contribution in [2.24, 2.45) is 0 Å². The number of hydrogen-bond acceptors (Lipinski definition) is 2. The van der Waals surface area contributed by atoms with Crippen molar-refractivity contribution in [3.05, 3.63) is 89.5 Å². The zero-order chi connectivity index (χ0) is 16.9. The first-order valence-electron chi connectivity index (χ1n) is 8.09. The Hall–Kier alpha value is -2.88. The van der Waals surface area contributed by atoms with Crippen molar-refractivity contribution in [1.29, 1.82) is 0 Å². The highest BCUT2D eigenvalue weighted by molar-refractivity contribution is 5.85. The van der Waals surface area contributed by atoms with Gasteiger partial charge >= 0.3 is 0 Å². The molecule has 1 heterocycles. The molecular formula is C20H20N2O2. The zero-order valence-electron chi connectivity index (χ0n) is 13.7. The molecular weight excluding hydrogens is 300 g/mol. The van der Waals surface area contributed by atoms with Gasteiger partial charge in [-0.15, -0.1) is 0 Å². The number of carboxylic acids is 1. The van der Waals surface area contributed by atoms with Crippen LogP contribution in [0.2, 0.25) is 0 Å². The Labute approximate surface area is 141 Å². The van der Waals surface area contributed by atoms with Gasteiger partial charge in [-0.25, -0.2) is 9.13 Å². The molecule has 0 spiro atoms. The van der Waals surface area contributed by atoms with E-state index in [9.17, 15) is 9.90 Å². The van der Waals surface area contributed by atoms with Crippen LogP contribution in [0.25, 0.3) is 0 Å². The van der Waals surface area contributed by atoms with Gasteiger partial charge < -0.3 is 9.90 Å². The molecule has 0 amide bonds. The van der Waals surface area contributed by atoms with Crippen molar-refractivity contribution in [3.8, 4) is 0 Å². The van der Waals surface area contributed by atoms with Gasteiger partial charge in [-0.1, -0.05) is 61.5 Å². The third-order valence-corrected chi connectivity index (χ3v) is 4.14. The number of carbonyl (C=O) groups excluding carboxylic acids is 1. The summed E-state index contributed by atoms with van der Waals surface area (Å²) in [6, 6.07) is 17.3. The van der Waals surface area contributed by atoms with Gasteiger partial charge in [0.05, 0.1) is 5.97 Å². The molecule has 0 fully saturated rings. The Morgan fingerprint density at radius 2 is 1.75 bits per heavy atom. The highest BCUT2D eigenvalue weighted by Crippen LogP contribution is 2.09. The van der Waals surface area contributed by atoms with E-state index in [-0.39, 0.29) is 5.56 Å². The van der Waals surface area contributed by atoms with Crippen LogP contribution >= 0.6 is 0 Å². The maximum Gasteiger partial charge on any atom is 0.256 e. The van der Waals surface area contributed by atoms with Crippen molar-refractivity contribution in [3.63, 3.8) is 0 Å². The fraction of sp³-hybridized carbons (Fsp3) is 0.200. The number of aromatic carboxylic acids is 1. The summed E-state index contributed by atoms with van der Waals surface area (Å²) in [5, 5.41) is 10.8. The van der Waals surface area contributed by atoms with Crippen LogP contribution < -0.4 is 9.67 Å². The molecule has 0 saturated heterocycles. The smallest absolute Gasteiger partial charge is 0.256 e. The van der Waals surface area contributed by atoms with Gasteiger partial charge in [0, 0.05) is 6.42 Å². The number of nitrogens with zero attached hydrogens (tertiary/aromatic N) is 2. The van der Waals surface area contributed by atoms with E-state index >= 15 is 0 Å². The molecule has 4 nitrogen and oxygen atoms in total. The summed E-state index contributed by atoms with van der Waals surface area (Å²) < 4.78 is 4.46. The minimum Gasteiger partial charge on any atom is -0.545 e. The SMILES string of the molecule is CCc1n(Cc2ccc(C(=O)[O-])cc2)cc[n+]1Cc1ccccc1. The lowest BCUT2D eigenvalue weighted by Crippen LogP contribution is -2.37. The molecule has 122 valence electrons. The maximum atomic E-state index is 10.8. The first kappa shape index (κ1) is 16.0. The van der Waals surface area contributed by atoms with E-state index in [1.807, 2.05) is 18.2 Å². The summed E-state index contributed by atoms with van der Waals surface area (Å²) in [5.41, 5.74) is 2.55. The van der Waals surface area contributed by atoms with E-state index in [2.05, 4.69) is 52.7 Å². The molecule has 3 aromatic rings. The molecule has 24 heavy (non-hydrogen) atoms. The molecule has 0 atom stereocenters. The monoisotopic (exact) mass is 320 g/mol. The molecule has 0 unspecified atom stereocenters. The van der Waals surface area contributed by atoms with Gasteiger partial charge in [-0.2, -0.15) is 0 Å². The van der Waals surface area contributed by atoms with Gasteiger partial charge in [-0.05, 0) is 16.7 Å². The Bertz CT molecular complexity index is 821. The minimum atomic E-state index is -1.14. The van der Waals surface area contributed by atoms with E-state index in [4.69, 9.17) is 0 Å². The number of aromatic nitrogens is 2. The summed E-state index contributed by atoms with van der Waals surface area (Å²) in [4.78, 5) is 10.8. The average molecular weight is 320 g/mol. The quantitative estimate of drug-likeness (QED) is 0.650. The molecule has 3 rings (SSSR count). The maximum absolute atomic E-state index is 10.8. The largest absolute Gasteiger partial charge is 0.545 e. The Kier molecular flexibility index (Phi) is 4.75. The third kappa shape index (κ3) is 3.54. The minimum absolute atomic E-state index is 0.209. The molecule has 0 aliphatic heterocycles. The number of benzene rings is 2. The van der Waals surface area contributed by atoms with Crippen LogP contribution in [0.15, 0.2) is 67.0 Å². The van der Waals surface area contributed by atoms with Crippen LogP contribution in [0.3, 0.4) is 0 Å². The lowest BCUT2D eigenvalue weighted by molar-refractivity contribution is -0.695. The molecule has 4 heteroatoms. The molecule has 0 bridgehead atoms. The van der Waals surface area contributed by atoms with Crippen LogP contribution in [0.5, 0.6) is 0 Å². The number of hydrogen-bond donors (Lipinski definition) is 0. The molecule has 0 aliphatic carbocycles. The van der Waals surface area contributed by atoms with Crippen molar-refractivity contribution in [2.75, 3.05) is 0 Å². The van der Waals surface area contributed by atoms with Gasteiger partial charge in [0.2, 0.25) is 0 Å². The van der Waals surface area contributed by atoms with Crippen LogP contribution in [0.1, 0.15) is 34.2 Å². The normalized spacial score (nSPS) is 10.7. The summed E-state index contributed by atoms with van der Waals surface area (Å²) >= 11 is 0. The topological polar surface area (TPSA) is 48.9 Å². The number of imidazole rings is 1. The highest BCUT2D eigenvalue weighted by atomic mass is 16.4. The van der Waals surface area contributed by atoms with E-state index in [0.717, 1.165) is 25.1 Å². The molecule has 0 aliphatic rings. The zero-order valence-corrected chi connectivity index (χ0v) is 13.7. The van der Waals surface area contributed by atoms with Gasteiger partial charge in [0.15, 0.2) is 0 Å². The number of rotatable bonds is 6. The predicted molar refractivity (Wildman–Crippen MR) is 89.4 cm³/mol. The molecule has 2 aromatic carbocycles. The second-order valence-corrected chi connectivity index (χ2v) is 5.79. The van der Waals surface area contributed by atoms with Crippen LogP contribution in [-0.4, -0.2) is 10.5 Å². The van der Waals surface area contributed by atoms with Gasteiger partial charge in [0.1, 0.15) is 25.5 Å². The molecule has 0 radical (unpaired) electrons. The first-order chi connectivity index (χ1) is 11.7. The Morgan fingerprint density at radius 3 is 2.38 bits per heavy atom. The van der Waals surface area contributed by atoms with Gasteiger partial charge in [0.25, 0.3) is 5.82 Å². The fourth-order valence-electron chi connectivity index (χ4n) is 2.92. The summed E-state index contributed by atoms with van der Waals surface area (Å²) in [6.07, 6.45) is 5.10. The van der Waals surface area contributed by atoms with Crippen molar-refractivity contribution < 1.29 is 14.5 Å². The van der Waals surface area contributed by atoms with E-state index in [1.165, 1.54) is 11.4 Å². The Balaban J connectivity index is 1.80. The van der Waals surface area contributed by atoms with E-state index in [0.29, 0.717) is 0 Å². The van der Waals surface area contributed by atoms with Crippen LogP contribution in [-0.2, 0) is 19.5 Å². The molecule has 1 aromatic heterocycles. The lowest BCUT2D eigenvalue weighted by atomic mass is 10.1. The summed E-state index contributed by atoms with van der Waals surface area (Å²) in [6.45, 7) is 3.71. The lowest BCUT2D eigenvalue weighted by Gasteiger charge is -2.06. The standard InChI is InChI=1S/C20H20N2O2/c1-2-19-21(14-16-6-4-3-5-7-16)12-13-22(19)15-17-8-10-18(11-9-17)20(23)24/h3-13H,2,14-15H2,1H3.